The fraction of sp³-hybridized carbons (Fsp3) is 0.600. The molecule has 0 aliphatic carbocycles. The Morgan fingerprint density at radius 3 is 2.53 bits per heavy atom. The van der Waals surface area contributed by atoms with Crippen LogP contribution in [-0.2, 0) is 33.4 Å². The Morgan fingerprint density at radius 2 is 1.81 bits per heavy atom. The lowest BCUT2D eigenvalue weighted by Crippen LogP contribution is -2.56. The fourth-order valence-corrected chi connectivity index (χ4v) is 8.05. The highest BCUT2D eigenvalue weighted by molar-refractivity contribution is 9.11. The summed E-state index contributed by atoms with van der Waals surface area (Å²) >= 11 is 3.61. The zero-order chi connectivity index (χ0) is 33.6. The monoisotopic (exact) mass is 715 g/mol. The molecule has 4 aliphatic heterocycles. The summed E-state index contributed by atoms with van der Waals surface area (Å²) in [6.45, 7) is 3.27. The molecule has 12 heteroatoms. The molecule has 1 spiro atoms. The third kappa shape index (κ3) is 7.21. The van der Waals surface area contributed by atoms with Gasteiger partial charge in [-0.2, -0.15) is 0 Å². The first kappa shape index (κ1) is 35.3. The van der Waals surface area contributed by atoms with Crippen LogP contribution in [0.5, 0.6) is 0 Å². The molecule has 256 valence electrons. The van der Waals surface area contributed by atoms with Crippen molar-refractivity contribution in [1.82, 2.24) is 15.1 Å². The topological polar surface area (TPSA) is 135 Å². The van der Waals surface area contributed by atoms with Gasteiger partial charge in [-0.15, -0.1) is 0 Å². The summed E-state index contributed by atoms with van der Waals surface area (Å²) in [7, 11) is 1.52. The first-order valence-electron chi connectivity index (χ1n) is 16.7. The third-order valence-corrected chi connectivity index (χ3v) is 10.2. The first-order chi connectivity index (χ1) is 22.8. The Bertz CT molecular complexity index is 1360. The van der Waals surface area contributed by atoms with Crippen molar-refractivity contribution >= 4 is 39.6 Å². The number of cyclic esters (lactones) is 1. The van der Waals surface area contributed by atoms with Crippen LogP contribution in [0.1, 0.15) is 63.5 Å². The molecule has 7 atom stereocenters. The Hall–Kier alpha value is -3.06. The van der Waals surface area contributed by atoms with Gasteiger partial charge in [-0.25, -0.2) is 0 Å². The van der Waals surface area contributed by atoms with Gasteiger partial charge in [0.15, 0.2) is 0 Å². The second-order valence-electron chi connectivity index (χ2n) is 12.7. The van der Waals surface area contributed by atoms with E-state index in [2.05, 4.69) is 28.2 Å². The second-order valence-corrected chi connectivity index (χ2v) is 13.6. The number of nitrogens with one attached hydrogen (secondary N) is 1. The third-order valence-electron chi connectivity index (χ3n) is 9.54. The van der Waals surface area contributed by atoms with Crippen molar-refractivity contribution in [3.8, 4) is 0 Å². The largest absolute Gasteiger partial charge is 0.455 e. The summed E-state index contributed by atoms with van der Waals surface area (Å²) < 4.78 is 19.0. The van der Waals surface area contributed by atoms with Crippen LogP contribution in [0, 0.1) is 11.8 Å². The van der Waals surface area contributed by atoms with E-state index < -0.39 is 47.7 Å². The van der Waals surface area contributed by atoms with Gasteiger partial charge in [0.2, 0.25) is 17.7 Å². The van der Waals surface area contributed by atoms with E-state index in [1.807, 2.05) is 48.6 Å². The predicted molar refractivity (Wildman–Crippen MR) is 177 cm³/mol. The van der Waals surface area contributed by atoms with Gasteiger partial charge in [0.25, 0.3) is 0 Å². The smallest absolute Gasteiger partial charge is 0.313 e. The number of fused-ring (bicyclic) bond motifs is 2. The van der Waals surface area contributed by atoms with Crippen LogP contribution >= 0.6 is 15.9 Å². The highest BCUT2D eigenvalue weighted by Gasteiger charge is 2.74. The maximum atomic E-state index is 14.6. The standard InChI is InChI=1S/C35H46BrN3O8/c1-3-4-17-38-18-11-6-10-16-26(41)37-25(22-45-2)29(23-14-8-5-9-15-23)46-34(44)27-28-32(42)39(19-12-7-13-20-40)31(33(38)43)35(28)21-24(36)30(27)47-35/h5-6,8-9,11,14-15,21,25,27-31,40H,3-4,7,10,12-13,16-20,22H2,1-2H3,(H,37,41)/b11-6-/t25-,27+,28-,29-,30+,31+,35-/m0/s1. The number of likely N-dealkylation sites (tertiary alicyclic amines) is 1. The molecule has 4 heterocycles. The number of rotatable bonds is 11. The van der Waals surface area contributed by atoms with Crippen molar-refractivity contribution < 1.29 is 38.5 Å². The number of esters is 1. The van der Waals surface area contributed by atoms with Gasteiger partial charge >= 0.3 is 5.97 Å². The minimum absolute atomic E-state index is 0.0431. The van der Waals surface area contributed by atoms with Crippen LogP contribution < -0.4 is 5.32 Å². The van der Waals surface area contributed by atoms with E-state index in [-0.39, 0.29) is 37.4 Å². The van der Waals surface area contributed by atoms with Crippen LogP contribution in [-0.4, -0.2) is 102 Å². The molecule has 1 aromatic rings. The maximum absolute atomic E-state index is 14.6. The van der Waals surface area contributed by atoms with E-state index in [0.717, 1.165) is 12.8 Å². The minimum Gasteiger partial charge on any atom is -0.455 e. The van der Waals surface area contributed by atoms with Crippen molar-refractivity contribution in [3.05, 3.63) is 58.6 Å². The highest BCUT2D eigenvalue weighted by Crippen LogP contribution is 2.59. The van der Waals surface area contributed by atoms with E-state index in [1.165, 1.54) is 7.11 Å². The number of aliphatic hydroxyl groups is 1. The van der Waals surface area contributed by atoms with Crippen molar-refractivity contribution in [1.29, 1.82) is 0 Å². The normalized spacial score (nSPS) is 31.9. The summed E-state index contributed by atoms with van der Waals surface area (Å²) in [5.41, 5.74) is -0.694. The van der Waals surface area contributed by atoms with Gasteiger partial charge in [0, 0.05) is 44.3 Å². The van der Waals surface area contributed by atoms with Gasteiger partial charge in [-0.3, -0.25) is 19.2 Å². The first-order valence-corrected chi connectivity index (χ1v) is 17.5. The van der Waals surface area contributed by atoms with Gasteiger partial charge < -0.3 is 34.4 Å². The number of nitrogens with zero attached hydrogens (tertiary/aromatic N) is 2. The van der Waals surface area contributed by atoms with E-state index in [0.29, 0.717) is 55.4 Å². The van der Waals surface area contributed by atoms with Gasteiger partial charge in [-0.05, 0) is 43.7 Å². The lowest BCUT2D eigenvalue weighted by molar-refractivity contribution is -0.162. The molecule has 47 heavy (non-hydrogen) atoms. The summed E-state index contributed by atoms with van der Waals surface area (Å²) in [5.74, 6) is -3.43. The number of halogens is 1. The van der Waals surface area contributed by atoms with Crippen molar-refractivity contribution in [2.75, 3.05) is 40.0 Å². The maximum Gasteiger partial charge on any atom is 0.313 e. The highest BCUT2D eigenvalue weighted by atomic mass is 79.9. The molecule has 1 aromatic carbocycles. The molecule has 4 aliphatic rings. The van der Waals surface area contributed by atoms with Crippen LogP contribution in [0.25, 0.3) is 0 Å². The zero-order valence-corrected chi connectivity index (χ0v) is 28.7. The summed E-state index contributed by atoms with van der Waals surface area (Å²) in [4.78, 5) is 59.9. The number of benzene rings is 1. The van der Waals surface area contributed by atoms with Gasteiger partial charge in [0.1, 0.15) is 29.8 Å². The molecule has 2 fully saturated rings. The van der Waals surface area contributed by atoms with E-state index in [9.17, 15) is 24.3 Å². The number of methoxy groups -OCH3 is 1. The second kappa shape index (κ2) is 15.9. The number of amides is 3. The molecule has 5 bridgehead atoms. The molecule has 2 saturated heterocycles. The van der Waals surface area contributed by atoms with Gasteiger partial charge in [-0.1, -0.05) is 71.8 Å². The van der Waals surface area contributed by atoms with Crippen LogP contribution in [0.3, 0.4) is 0 Å². The van der Waals surface area contributed by atoms with Crippen molar-refractivity contribution in [3.63, 3.8) is 0 Å². The molecule has 5 rings (SSSR count). The number of ether oxygens (including phenoxy) is 3. The quantitative estimate of drug-likeness (QED) is 0.202. The number of unbranched alkanes of at least 4 members (excludes halogenated alkanes) is 3. The molecule has 3 amide bonds. The minimum atomic E-state index is -1.36. The van der Waals surface area contributed by atoms with E-state index in [4.69, 9.17) is 14.2 Å². The lowest BCUT2D eigenvalue weighted by Gasteiger charge is -2.36. The number of carbonyl (C=O) groups is 4. The molecular weight excluding hydrogens is 670 g/mol. The van der Waals surface area contributed by atoms with E-state index in [1.54, 1.807) is 9.80 Å². The van der Waals surface area contributed by atoms with Gasteiger partial charge in [0.05, 0.1) is 18.6 Å². The zero-order valence-electron chi connectivity index (χ0n) is 27.1. The average Bonchev–Trinajstić information content (AvgIpc) is 3.65. The number of hydrogen-bond donors (Lipinski definition) is 2. The lowest BCUT2D eigenvalue weighted by atomic mass is 9.74. The Kier molecular flexibility index (Phi) is 11.9. The summed E-state index contributed by atoms with van der Waals surface area (Å²) in [5, 5.41) is 12.4. The number of aliphatic hydroxyl groups excluding tert-OH is 1. The van der Waals surface area contributed by atoms with E-state index >= 15 is 0 Å². The molecule has 11 nitrogen and oxygen atoms in total. The fourth-order valence-electron chi connectivity index (χ4n) is 7.32. The Balaban J connectivity index is 1.59. The molecule has 0 unspecified atom stereocenters. The van der Waals surface area contributed by atoms with Crippen LogP contribution in [0.2, 0.25) is 0 Å². The van der Waals surface area contributed by atoms with Crippen molar-refractivity contribution in [2.24, 2.45) is 11.8 Å². The molecule has 2 N–H and O–H groups in total. The Morgan fingerprint density at radius 1 is 1.02 bits per heavy atom. The number of allylic oxidation sites excluding steroid dienone is 1. The summed E-state index contributed by atoms with van der Waals surface area (Å²) in [6, 6.07) is 7.47. The molecular formula is C35H46BrN3O8. The number of carbonyl (C=O) groups excluding carboxylic acids is 4. The van der Waals surface area contributed by atoms with Crippen molar-refractivity contribution in [2.45, 2.75) is 81.8 Å². The Labute approximate surface area is 284 Å². The molecule has 0 radical (unpaired) electrons. The summed E-state index contributed by atoms with van der Waals surface area (Å²) in [6.07, 6.45) is 8.03. The molecule has 0 saturated carbocycles. The predicted octanol–water partition coefficient (Wildman–Crippen LogP) is 3.42. The SMILES string of the molecule is CCCCN1C/C=C\CCC(=O)N[C@@H](COC)[C@H](c2ccccc2)OC(=O)[C@H]2[C@@H]3O[C@@]4(C=C3Br)[C@@H]2C(=O)N(CCCCCO)[C@@H]4C1=O. The average molecular weight is 717 g/mol. The van der Waals surface area contributed by atoms with Crippen LogP contribution in [0.4, 0.5) is 0 Å². The number of hydrogen-bond acceptors (Lipinski definition) is 8. The van der Waals surface area contributed by atoms with Crippen LogP contribution in [0.15, 0.2) is 53.0 Å². The molecule has 0 aromatic heterocycles.